The van der Waals surface area contributed by atoms with Crippen molar-refractivity contribution in [2.75, 3.05) is 6.61 Å². The minimum atomic E-state index is -1.30. The molecule has 1 amide bonds. The van der Waals surface area contributed by atoms with Crippen molar-refractivity contribution in [3.05, 3.63) is 0 Å². The number of fused-ring (bicyclic) bond motifs is 2. The van der Waals surface area contributed by atoms with Crippen LogP contribution in [0.15, 0.2) is 0 Å². The fourth-order valence-electron chi connectivity index (χ4n) is 4.49. The molecule has 2 rings (SSSR count). The van der Waals surface area contributed by atoms with Crippen LogP contribution in [0.4, 0.5) is 0 Å². The van der Waals surface area contributed by atoms with E-state index in [-0.39, 0.29) is 16.9 Å². The van der Waals surface area contributed by atoms with Gasteiger partial charge in [-0.2, -0.15) is 0 Å². The van der Waals surface area contributed by atoms with E-state index in [2.05, 4.69) is 26.1 Å². The first kappa shape index (κ1) is 19.7. The molecule has 0 spiro atoms. The number of carboxylic acids is 1. The van der Waals surface area contributed by atoms with Gasteiger partial charge in [0.15, 0.2) is 6.04 Å². The zero-order valence-electron chi connectivity index (χ0n) is 14.9. The van der Waals surface area contributed by atoms with Crippen molar-refractivity contribution in [1.82, 2.24) is 5.32 Å². The average molecular weight is 356 g/mol. The lowest BCUT2D eigenvalue weighted by Gasteiger charge is -2.42. The second-order valence-electron chi connectivity index (χ2n) is 8.18. The first-order valence-corrected chi connectivity index (χ1v) is 8.60. The Bertz CT molecular complexity index is 559. The number of aliphatic carboxylic acids is 1. The summed E-state index contributed by atoms with van der Waals surface area (Å²) < 4.78 is 5.71. The molecular weight excluding hydrogens is 328 g/mol. The molecule has 0 aromatic heterocycles. The Labute approximate surface area is 147 Å². The van der Waals surface area contributed by atoms with E-state index in [4.69, 9.17) is 15.6 Å². The molecule has 2 bridgehead atoms. The van der Waals surface area contributed by atoms with Crippen LogP contribution in [0.2, 0.25) is 0 Å². The van der Waals surface area contributed by atoms with Crippen LogP contribution >= 0.6 is 0 Å². The topological polar surface area (TPSA) is 139 Å². The number of hydrogen-bond donors (Lipinski definition) is 4. The van der Waals surface area contributed by atoms with Gasteiger partial charge in [-0.3, -0.25) is 9.59 Å². The molecule has 2 saturated carbocycles. The van der Waals surface area contributed by atoms with Gasteiger partial charge in [-0.1, -0.05) is 20.8 Å². The third-order valence-corrected chi connectivity index (χ3v) is 5.89. The van der Waals surface area contributed by atoms with E-state index in [1.54, 1.807) is 0 Å². The number of nitrogens with two attached hydrogens (primary N) is 1. The number of aliphatic hydroxyl groups is 1. The van der Waals surface area contributed by atoms with E-state index in [1.165, 1.54) is 0 Å². The van der Waals surface area contributed by atoms with Crippen molar-refractivity contribution in [1.29, 1.82) is 0 Å². The Morgan fingerprint density at radius 3 is 2.44 bits per heavy atom. The maximum absolute atomic E-state index is 12.5. The Morgan fingerprint density at radius 1 is 1.32 bits per heavy atom. The highest BCUT2D eigenvalue weighted by atomic mass is 16.5. The van der Waals surface area contributed by atoms with Crippen LogP contribution < -0.4 is 11.1 Å². The summed E-state index contributed by atoms with van der Waals surface area (Å²) in [4.78, 5) is 35.0. The highest BCUT2D eigenvalue weighted by Crippen LogP contribution is 2.63. The molecule has 0 aromatic rings. The highest BCUT2D eigenvalue weighted by molar-refractivity contribution is 5.89. The predicted molar refractivity (Wildman–Crippen MR) is 88.4 cm³/mol. The second kappa shape index (κ2) is 6.92. The Balaban J connectivity index is 2.01. The quantitative estimate of drug-likeness (QED) is 0.472. The summed E-state index contributed by atoms with van der Waals surface area (Å²) in [7, 11) is 0. The molecule has 142 valence electrons. The van der Waals surface area contributed by atoms with E-state index < -0.39 is 43.0 Å². The molecule has 0 saturated heterocycles. The lowest BCUT2D eigenvalue weighted by molar-refractivity contribution is -0.169. The van der Waals surface area contributed by atoms with Gasteiger partial charge in [-0.15, -0.1) is 0 Å². The monoisotopic (exact) mass is 356 g/mol. The largest absolute Gasteiger partial charge is 0.481 e. The molecule has 0 heterocycles. The average Bonchev–Trinajstić information content (AvgIpc) is 2.99. The predicted octanol–water partition coefficient (Wildman–Crippen LogP) is 0.0235. The van der Waals surface area contributed by atoms with Gasteiger partial charge in [0.2, 0.25) is 5.91 Å². The minimum Gasteiger partial charge on any atom is -0.481 e. The lowest BCUT2D eigenvalue weighted by atomic mass is 9.70. The number of esters is 1. The van der Waals surface area contributed by atoms with Crippen molar-refractivity contribution in [2.24, 2.45) is 22.5 Å². The molecule has 5 atom stereocenters. The molecule has 0 radical (unpaired) electrons. The molecule has 25 heavy (non-hydrogen) atoms. The fourth-order valence-corrected chi connectivity index (χ4v) is 4.49. The van der Waals surface area contributed by atoms with Gasteiger partial charge < -0.3 is 26.0 Å². The Morgan fingerprint density at radius 2 is 1.96 bits per heavy atom. The molecular formula is C17H28N2O6. The number of ether oxygens (including phenoxy) is 1. The summed E-state index contributed by atoms with van der Waals surface area (Å²) in [6.07, 6.45) is 2.25. The van der Waals surface area contributed by atoms with Gasteiger partial charge in [-0.25, -0.2) is 4.79 Å². The summed E-state index contributed by atoms with van der Waals surface area (Å²) in [5.41, 5.74) is 5.22. The first-order valence-electron chi connectivity index (χ1n) is 8.60. The zero-order valence-corrected chi connectivity index (χ0v) is 14.9. The van der Waals surface area contributed by atoms with Crippen LogP contribution in [-0.2, 0) is 19.1 Å². The van der Waals surface area contributed by atoms with E-state index in [0.29, 0.717) is 5.92 Å². The molecule has 2 fully saturated rings. The van der Waals surface area contributed by atoms with Crippen LogP contribution in [0.25, 0.3) is 0 Å². The van der Waals surface area contributed by atoms with Gasteiger partial charge in [-0.05, 0) is 25.2 Å². The lowest BCUT2D eigenvalue weighted by Crippen LogP contribution is -2.53. The number of aliphatic hydroxyl groups excluding tert-OH is 1. The van der Waals surface area contributed by atoms with Crippen molar-refractivity contribution in [3.8, 4) is 0 Å². The molecule has 2 aliphatic carbocycles. The minimum absolute atomic E-state index is 0.0897. The number of carbonyl (C=O) groups excluding carboxylic acids is 2. The number of hydrogen-bond acceptors (Lipinski definition) is 6. The van der Waals surface area contributed by atoms with Crippen LogP contribution in [0.3, 0.4) is 0 Å². The third kappa shape index (κ3) is 3.79. The number of nitrogens with one attached hydrogen (secondary N) is 1. The Hall–Kier alpha value is -1.67. The van der Waals surface area contributed by atoms with E-state index in [1.807, 2.05) is 0 Å². The zero-order chi connectivity index (χ0) is 19.0. The maximum atomic E-state index is 12.5. The number of amides is 1. The van der Waals surface area contributed by atoms with Gasteiger partial charge in [0.1, 0.15) is 6.10 Å². The maximum Gasteiger partial charge on any atom is 0.331 e. The van der Waals surface area contributed by atoms with E-state index in [0.717, 1.165) is 19.3 Å². The van der Waals surface area contributed by atoms with Crippen molar-refractivity contribution < 1.29 is 29.3 Å². The summed E-state index contributed by atoms with van der Waals surface area (Å²) in [6, 6.07) is -2.55. The number of carboxylic acid groups (broad SMARTS) is 1. The molecule has 0 aliphatic heterocycles. The van der Waals surface area contributed by atoms with Crippen molar-refractivity contribution in [3.63, 3.8) is 0 Å². The Kier molecular flexibility index (Phi) is 5.44. The normalized spacial score (nSPS) is 32.0. The molecule has 0 aromatic carbocycles. The van der Waals surface area contributed by atoms with Crippen LogP contribution in [0, 0.1) is 16.7 Å². The summed E-state index contributed by atoms with van der Waals surface area (Å²) in [6.45, 7) is 5.62. The molecule has 8 nitrogen and oxygen atoms in total. The van der Waals surface area contributed by atoms with Crippen LogP contribution in [0.5, 0.6) is 0 Å². The third-order valence-electron chi connectivity index (χ3n) is 5.89. The summed E-state index contributed by atoms with van der Waals surface area (Å²) in [5.74, 6) is -2.26. The van der Waals surface area contributed by atoms with Crippen molar-refractivity contribution >= 4 is 17.8 Å². The number of rotatable bonds is 7. The van der Waals surface area contributed by atoms with Gasteiger partial charge in [0.25, 0.3) is 0 Å². The van der Waals surface area contributed by atoms with Gasteiger partial charge in [0.05, 0.1) is 19.1 Å². The van der Waals surface area contributed by atoms with E-state index >= 15 is 0 Å². The van der Waals surface area contributed by atoms with E-state index in [9.17, 15) is 19.5 Å². The molecule has 3 unspecified atom stereocenters. The summed E-state index contributed by atoms with van der Waals surface area (Å²) >= 11 is 0. The molecule has 2 aliphatic rings. The van der Waals surface area contributed by atoms with Crippen LogP contribution in [-0.4, -0.2) is 52.9 Å². The van der Waals surface area contributed by atoms with Gasteiger partial charge in [0, 0.05) is 10.8 Å². The summed E-state index contributed by atoms with van der Waals surface area (Å²) in [5, 5.41) is 20.4. The standard InChI is InChI=1S/C17H28N2O6/c1-16(2)9-4-5-17(3,7-9)15(16)25-14(24)11(8-20)19-13(23)10(18)6-12(21)22/h9-11,15,20H,4-8,18H2,1-3H3,(H,19,23)(H,21,22)/t9?,10-,11-,15?,17?/m0/s1. The molecule has 5 N–H and O–H groups in total. The van der Waals surface area contributed by atoms with Crippen LogP contribution in [0.1, 0.15) is 46.5 Å². The highest BCUT2D eigenvalue weighted by Gasteiger charge is 2.61. The second-order valence-corrected chi connectivity index (χ2v) is 8.18. The fraction of sp³-hybridized carbons (Fsp3) is 0.824. The molecule has 8 heteroatoms. The first-order chi connectivity index (χ1) is 11.5. The van der Waals surface area contributed by atoms with Gasteiger partial charge >= 0.3 is 11.9 Å². The van der Waals surface area contributed by atoms with Crippen molar-refractivity contribution in [2.45, 2.75) is 64.6 Å². The number of carbonyl (C=O) groups is 3. The smallest absolute Gasteiger partial charge is 0.331 e. The SMILES string of the molecule is CC12CCC(C1)C(C)(C)C2OC(=O)[C@H](CO)NC(=O)[C@@H](N)CC(=O)O.